The van der Waals surface area contributed by atoms with Crippen LogP contribution >= 0.6 is 0 Å². The summed E-state index contributed by atoms with van der Waals surface area (Å²) in [5, 5.41) is 14.2. The monoisotopic (exact) mass is 386 g/mol. The van der Waals surface area contributed by atoms with Crippen molar-refractivity contribution < 1.29 is 19.5 Å². The molecule has 0 saturated carbocycles. The van der Waals surface area contributed by atoms with Gasteiger partial charge in [-0.25, -0.2) is 0 Å². The minimum Gasteiger partial charge on any atom is -0.483 e. The maximum absolute atomic E-state index is 13.1. The van der Waals surface area contributed by atoms with Crippen molar-refractivity contribution in [1.29, 1.82) is 0 Å². The molecule has 1 aliphatic rings. The highest BCUT2D eigenvalue weighted by Crippen LogP contribution is 2.32. The van der Waals surface area contributed by atoms with Crippen LogP contribution in [0.25, 0.3) is 0 Å². The number of nitrogens with one attached hydrogen (secondary N) is 1. The van der Waals surface area contributed by atoms with Gasteiger partial charge < -0.3 is 15.3 Å². The number of hydrogen-bond acceptors (Lipinski definition) is 4. The van der Waals surface area contributed by atoms with Gasteiger partial charge in [-0.15, -0.1) is 0 Å². The van der Waals surface area contributed by atoms with Crippen molar-refractivity contribution in [2.45, 2.75) is 32.2 Å². The first-order valence-corrected chi connectivity index (χ1v) is 9.18. The van der Waals surface area contributed by atoms with Crippen molar-refractivity contribution in [3.63, 3.8) is 0 Å². The first-order chi connectivity index (χ1) is 13.4. The van der Waals surface area contributed by atoms with E-state index in [2.05, 4.69) is 10.4 Å². The topological polar surface area (TPSA) is 105 Å². The molecule has 1 aromatic carbocycles. The van der Waals surface area contributed by atoms with Crippen LogP contribution in [0.5, 0.6) is 0 Å². The van der Waals surface area contributed by atoms with Gasteiger partial charge in [0.2, 0.25) is 5.91 Å². The van der Waals surface area contributed by atoms with Crippen molar-refractivity contribution in [3.8, 4) is 0 Å². The minimum atomic E-state index is -0.771. The van der Waals surface area contributed by atoms with Gasteiger partial charge in [-0.1, -0.05) is 32.0 Å². The van der Waals surface area contributed by atoms with Crippen molar-refractivity contribution in [2.75, 3.05) is 18.4 Å². The van der Waals surface area contributed by atoms with E-state index in [9.17, 15) is 9.59 Å². The molecule has 2 heterocycles. The summed E-state index contributed by atoms with van der Waals surface area (Å²) in [5.74, 6) is 0.0203. The fourth-order valence-corrected chi connectivity index (χ4v) is 3.31. The standard InChI is InChI=1S/C19H24N4O2.CH2O2/c1-15(2)17(24)22-13-9-19(10-14-22,23-12-6-11-20-23)18(25)21-16-7-4-3-5-8-16;2-1-3/h3-8,11-12,15H,9-10,13-14H2,1-2H3,(H,21,25);1H,(H,2,3). The predicted octanol–water partition coefficient (Wildman–Crippen LogP) is 2.20. The Morgan fingerprint density at radius 1 is 1.18 bits per heavy atom. The number of aromatic nitrogens is 2. The third-order valence-corrected chi connectivity index (χ3v) is 4.79. The lowest BCUT2D eigenvalue weighted by atomic mass is 9.86. The minimum absolute atomic E-state index is 0.0321. The summed E-state index contributed by atoms with van der Waals surface area (Å²) in [4.78, 5) is 35.6. The molecule has 0 radical (unpaired) electrons. The number of likely N-dealkylation sites (tertiary alicyclic amines) is 1. The molecule has 2 amide bonds. The van der Waals surface area contributed by atoms with E-state index in [4.69, 9.17) is 9.90 Å². The van der Waals surface area contributed by atoms with E-state index in [0.29, 0.717) is 25.9 Å². The first-order valence-electron chi connectivity index (χ1n) is 9.18. The van der Waals surface area contributed by atoms with Gasteiger partial charge in [0.1, 0.15) is 5.54 Å². The van der Waals surface area contributed by atoms with Crippen molar-refractivity contribution in [3.05, 3.63) is 48.8 Å². The third-order valence-electron chi connectivity index (χ3n) is 4.79. The number of amides is 2. The molecule has 3 rings (SSSR count). The van der Waals surface area contributed by atoms with Gasteiger partial charge in [-0.3, -0.25) is 19.1 Å². The van der Waals surface area contributed by atoms with E-state index in [0.717, 1.165) is 5.69 Å². The summed E-state index contributed by atoms with van der Waals surface area (Å²) < 4.78 is 1.74. The van der Waals surface area contributed by atoms with Crippen LogP contribution in [0.3, 0.4) is 0 Å². The Morgan fingerprint density at radius 3 is 2.29 bits per heavy atom. The van der Waals surface area contributed by atoms with Crippen LogP contribution in [0.4, 0.5) is 5.69 Å². The molecule has 150 valence electrons. The van der Waals surface area contributed by atoms with Crippen LogP contribution in [0, 0.1) is 5.92 Å². The third kappa shape index (κ3) is 4.76. The summed E-state index contributed by atoms with van der Waals surface area (Å²) in [7, 11) is 0. The summed E-state index contributed by atoms with van der Waals surface area (Å²) in [6.45, 7) is 4.66. The van der Waals surface area contributed by atoms with E-state index in [1.807, 2.05) is 61.3 Å². The van der Waals surface area contributed by atoms with Gasteiger partial charge in [0.25, 0.3) is 12.4 Å². The zero-order chi connectivity index (χ0) is 20.6. The van der Waals surface area contributed by atoms with Crippen LogP contribution < -0.4 is 5.32 Å². The Balaban J connectivity index is 0.000000878. The Labute approximate surface area is 164 Å². The summed E-state index contributed by atoms with van der Waals surface area (Å²) in [6.07, 6.45) is 4.60. The highest BCUT2D eigenvalue weighted by Gasteiger charge is 2.44. The number of rotatable bonds is 4. The maximum Gasteiger partial charge on any atom is 0.290 e. The normalized spacial score (nSPS) is 15.3. The smallest absolute Gasteiger partial charge is 0.290 e. The highest BCUT2D eigenvalue weighted by atomic mass is 16.3. The average molecular weight is 386 g/mol. The molecule has 2 aromatic rings. The van der Waals surface area contributed by atoms with Crippen molar-refractivity contribution in [1.82, 2.24) is 14.7 Å². The van der Waals surface area contributed by atoms with Crippen molar-refractivity contribution >= 4 is 24.0 Å². The Morgan fingerprint density at radius 2 is 1.79 bits per heavy atom. The fourth-order valence-electron chi connectivity index (χ4n) is 3.31. The van der Waals surface area contributed by atoms with Crippen molar-refractivity contribution in [2.24, 2.45) is 5.92 Å². The molecule has 8 nitrogen and oxygen atoms in total. The second-order valence-electron chi connectivity index (χ2n) is 6.89. The molecule has 0 spiro atoms. The van der Waals surface area contributed by atoms with Gasteiger partial charge >= 0.3 is 0 Å². The van der Waals surface area contributed by atoms with E-state index in [1.54, 1.807) is 10.9 Å². The Kier molecular flexibility index (Phi) is 7.31. The van der Waals surface area contributed by atoms with Crippen LogP contribution in [0.15, 0.2) is 48.8 Å². The second-order valence-corrected chi connectivity index (χ2v) is 6.89. The molecule has 0 aliphatic carbocycles. The van der Waals surface area contributed by atoms with Gasteiger partial charge in [-0.2, -0.15) is 5.10 Å². The number of para-hydroxylation sites is 1. The largest absolute Gasteiger partial charge is 0.483 e. The zero-order valence-corrected chi connectivity index (χ0v) is 16.1. The number of carboxylic acid groups (broad SMARTS) is 1. The number of benzene rings is 1. The lowest BCUT2D eigenvalue weighted by molar-refractivity contribution is -0.140. The number of hydrogen-bond donors (Lipinski definition) is 2. The Bertz CT molecular complexity index is 767. The quantitative estimate of drug-likeness (QED) is 0.784. The summed E-state index contributed by atoms with van der Waals surface area (Å²) >= 11 is 0. The van der Waals surface area contributed by atoms with Gasteiger partial charge in [0.05, 0.1) is 0 Å². The molecule has 0 bridgehead atoms. The number of piperidine rings is 1. The average Bonchev–Trinajstić information content (AvgIpc) is 3.24. The molecule has 8 heteroatoms. The molecule has 0 atom stereocenters. The zero-order valence-electron chi connectivity index (χ0n) is 16.1. The molecular weight excluding hydrogens is 360 g/mol. The number of carbonyl (C=O) groups excluding carboxylic acids is 2. The number of carbonyl (C=O) groups is 3. The highest BCUT2D eigenvalue weighted by molar-refractivity contribution is 5.97. The molecule has 2 N–H and O–H groups in total. The van der Waals surface area contributed by atoms with Gasteiger partial charge in [0.15, 0.2) is 0 Å². The van der Waals surface area contributed by atoms with Gasteiger partial charge in [-0.05, 0) is 31.0 Å². The fraction of sp³-hybridized carbons (Fsp3) is 0.400. The number of nitrogens with zero attached hydrogens (tertiary/aromatic N) is 3. The van der Waals surface area contributed by atoms with E-state index >= 15 is 0 Å². The predicted molar refractivity (Wildman–Crippen MR) is 105 cm³/mol. The molecule has 28 heavy (non-hydrogen) atoms. The molecule has 1 aromatic heterocycles. The van der Waals surface area contributed by atoms with Crippen LogP contribution in [0.1, 0.15) is 26.7 Å². The van der Waals surface area contributed by atoms with E-state index in [1.165, 1.54) is 0 Å². The SMILES string of the molecule is CC(C)C(=O)N1CCC(C(=O)Nc2ccccc2)(n2cccn2)CC1.O=CO. The molecule has 1 aliphatic heterocycles. The van der Waals surface area contributed by atoms with E-state index < -0.39 is 5.54 Å². The second kappa shape index (κ2) is 9.68. The lowest BCUT2D eigenvalue weighted by Crippen LogP contribution is -2.55. The van der Waals surface area contributed by atoms with Crippen LogP contribution in [-0.2, 0) is 19.9 Å². The van der Waals surface area contributed by atoms with Crippen LogP contribution in [0.2, 0.25) is 0 Å². The molecule has 1 saturated heterocycles. The molecule has 0 unspecified atom stereocenters. The lowest BCUT2D eigenvalue weighted by Gasteiger charge is -2.41. The van der Waals surface area contributed by atoms with Gasteiger partial charge in [0, 0.05) is 37.1 Å². The Hall–Kier alpha value is -3.16. The van der Waals surface area contributed by atoms with Crippen LogP contribution in [-0.4, -0.2) is 51.2 Å². The summed E-state index contributed by atoms with van der Waals surface area (Å²) in [6, 6.07) is 11.2. The molecule has 1 fully saturated rings. The maximum atomic E-state index is 13.1. The van der Waals surface area contributed by atoms with E-state index in [-0.39, 0.29) is 24.2 Å². The first kappa shape index (κ1) is 21.1. The number of anilines is 1. The summed E-state index contributed by atoms with van der Waals surface area (Å²) in [5.41, 5.74) is -0.00711. The molecular formula is C20H26N4O4.